The van der Waals surface area contributed by atoms with Crippen molar-refractivity contribution >= 4 is 35.1 Å². The molecule has 0 aliphatic heterocycles. The molecule has 5 amide bonds. The van der Waals surface area contributed by atoms with Gasteiger partial charge in [0.25, 0.3) is 11.8 Å². The first-order valence-electron chi connectivity index (χ1n) is 8.13. The molecule has 8 heteroatoms. The van der Waals surface area contributed by atoms with Gasteiger partial charge < -0.3 is 16.0 Å². The van der Waals surface area contributed by atoms with Crippen LogP contribution < -0.4 is 21.3 Å². The third kappa shape index (κ3) is 5.40. The number of nitrogens with one attached hydrogen (secondary N) is 4. The van der Waals surface area contributed by atoms with Crippen LogP contribution in [0.15, 0.2) is 42.5 Å². The van der Waals surface area contributed by atoms with Crippen molar-refractivity contribution in [3.63, 3.8) is 0 Å². The van der Waals surface area contributed by atoms with Crippen LogP contribution in [0.5, 0.6) is 0 Å². The van der Waals surface area contributed by atoms with Crippen LogP contribution in [0.25, 0.3) is 0 Å². The maximum atomic E-state index is 12.2. The molecule has 8 nitrogen and oxygen atoms in total. The Morgan fingerprint density at radius 2 is 1.41 bits per heavy atom. The zero-order chi connectivity index (χ0) is 20.0. The van der Waals surface area contributed by atoms with E-state index in [9.17, 15) is 19.2 Å². The van der Waals surface area contributed by atoms with Crippen LogP contribution in [-0.4, -0.2) is 30.8 Å². The van der Waals surface area contributed by atoms with E-state index >= 15 is 0 Å². The Labute approximate surface area is 156 Å². The maximum Gasteiger partial charge on any atom is 0.326 e. The fourth-order valence-corrected chi connectivity index (χ4v) is 2.28. The number of carbonyl (C=O) groups excluding carboxylic acids is 4. The summed E-state index contributed by atoms with van der Waals surface area (Å²) in [4.78, 5) is 46.9. The van der Waals surface area contributed by atoms with E-state index < -0.39 is 11.9 Å². The Kier molecular flexibility index (Phi) is 6.27. The van der Waals surface area contributed by atoms with Gasteiger partial charge in [-0.05, 0) is 48.9 Å². The number of benzene rings is 2. The number of anilines is 2. The van der Waals surface area contributed by atoms with Crippen LogP contribution in [0.3, 0.4) is 0 Å². The lowest BCUT2D eigenvalue weighted by atomic mass is 10.1. The van der Waals surface area contributed by atoms with Gasteiger partial charge in [0.15, 0.2) is 0 Å². The lowest BCUT2D eigenvalue weighted by Crippen LogP contribution is -2.34. The lowest BCUT2D eigenvalue weighted by molar-refractivity contribution is -0.114. The van der Waals surface area contributed by atoms with E-state index in [1.54, 1.807) is 25.1 Å². The number of rotatable bonds is 4. The van der Waals surface area contributed by atoms with Crippen molar-refractivity contribution in [2.45, 2.75) is 13.8 Å². The minimum absolute atomic E-state index is 0.232. The summed E-state index contributed by atoms with van der Waals surface area (Å²) < 4.78 is 0. The highest BCUT2D eigenvalue weighted by atomic mass is 16.2. The minimum Gasteiger partial charge on any atom is -0.355 e. The largest absolute Gasteiger partial charge is 0.355 e. The van der Waals surface area contributed by atoms with Crippen molar-refractivity contribution in [1.82, 2.24) is 10.6 Å². The number of urea groups is 1. The minimum atomic E-state index is -0.710. The molecule has 0 bridgehead atoms. The van der Waals surface area contributed by atoms with E-state index in [1.807, 2.05) is 0 Å². The van der Waals surface area contributed by atoms with Crippen molar-refractivity contribution in [2.75, 3.05) is 17.7 Å². The van der Waals surface area contributed by atoms with Crippen LogP contribution in [0.4, 0.5) is 16.2 Å². The SMILES string of the molecule is CNC(=O)c1ccc(C(=O)NC(=O)Nc2cc(NC(C)=O)ccc2C)cc1. The molecule has 0 radical (unpaired) electrons. The van der Waals surface area contributed by atoms with Crippen LogP contribution in [0.1, 0.15) is 33.2 Å². The second-order valence-electron chi connectivity index (χ2n) is 5.78. The van der Waals surface area contributed by atoms with E-state index in [1.165, 1.54) is 38.2 Å². The second-order valence-corrected chi connectivity index (χ2v) is 5.78. The Morgan fingerprint density at radius 1 is 0.815 bits per heavy atom. The van der Waals surface area contributed by atoms with Gasteiger partial charge in [0.2, 0.25) is 5.91 Å². The quantitative estimate of drug-likeness (QED) is 0.662. The van der Waals surface area contributed by atoms with Gasteiger partial charge in [-0.2, -0.15) is 0 Å². The lowest BCUT2D eigenvalue weighted by Gasteiger charge is -2.11. The summed E-state index contributed by atoms with van der Waals surface area (Å²) in [6.07, 6.45) is 0. The van der Waals surface area contributed by atoms with Gasteiger partial charge in [-0.15, -0.1) is 0 Å². The fraction of sp³-hybridized carbons (Fsp3) is 0.158. The zero-order valence-electron chi connectivity index (χ0n) is 15.2. The molecular weight excluding hydrogens is 348 g/mol. The summed E-state index contributed by atoms with van der Waals surface area (Å²) in [5.41, 5.74) is 2.40. The molecule has 27 heavy (non-hydrogen) atoms. The smallest absolute Gasteiger partial charge is 0.326 e. The molecule has 140 valence electrons. The molecule has 4 N–H and O–H groups in total. The third-order valence-electron chi connectivity index (χ3n) is 3.67. The summed E-state index contributed by atoms with van der Waals surface area (Å²) in [5, 5.41) is 9.90. The second kappa shape index (κ2) is 8.61. The van der Waals surface area contributed by atoms with E-state index in [0.717, 1.165) is 5.56 Å². The number of hydrogen-bond donors (Lipinski definition) is 4. The molecular formula is C19H20N4O4. The molecule has 0 aliphatic rings. The van der Waals surface area contributed by atoms with Crippen LogP contribution >= 0.6 is 0 Å². The Bertz CT molecular complexity index is 891. The molecule has 0 aromatic heterocycles. The Balaban J connectivity index is 2.04. The molecule has 2 aromatic rings. The molecule has 0 aliphatic carbocycles. The number of imide groups is 1. The first-order chi connectivity index (χ1) is 12.8. The van der Waals surface area contributed by atoms with E-state index in [2.05, 4.69) is 21.3 Å². The highest BCUT2D eigenvalue weighted by Gasteiger charge is 2.13. The van der Waals surface area contributed by atoms with Crippen molar-refractivity contribution < 1.29 is 19.2 Å². The number of aryl methyl sites for hydroxylation is 1. The molecule has 2 rings (SSSR count). The van der Waals surface area contributed by atoms with Crippen LogP contribution in [0, 0.1) is 6.92 Å². The van der Waals surface area contributed by atoms with Gasteiger partial charge in [0, 0.05) is 36.5 Å². The van der Waals surface area contributed by atoms with Crippen molar-refractivity contribution in [1.29, 1.82) is 0 Å². The zero-order valence-corrected chi connectivity index (χ0v) is 15.2. The van der Waals surface area contributed by atoms with Gasteiger partial charge in [-0.25, -0.2) is 4.79 Å². The van der Waals surface area contributed by atoms with E-state index in [-0.39, 0.29) is 17.4 Å². The molecule has 0 saturated heterocycles. The summed E-state index contributed by atoms with van der Waals surface area (Å²) in [7, 11) is 1.51. The van der Waals surface area contributed by atoms with Gasteiger partial charge in [0.05, 0.1) is 0 Å². The van der Waals surface area contributed by atoms with Gasteiger partial charge in [-0.3, -0.25) is 19.7 Å². The third-order valence-corrected chi connectivity index (χ3v) is 3.67. The predicted molar refractivity (Wildman–Crippen MR) is 102 cm³/mol. The van der Waals surface area contributed by atoms with Gasteiger partial charge in [-0.1, -0.05) is 6.07 Å². The molecule has 0 spiro atoms. The molecule has 0 atom stereocenters. The van der Waals surface area contributed by atoms with Gasteiger partial charge >= 0.3 is 6.03 Å². The van der Waals surface area contributed by atoms with E-state index in [0.29, 0.717) is 16.9 Å². The predicted octanol–water partition coefficient (Wildman–Crippen LogP) is 2.27. The Hall–Kier alpha value is -3.68. The summed E-state index contributed by atoms with van der Waals surface area (Å²) in [5.74, 6) is -1.11. The van der Waals surface area contributed by atoms with E-state index in [4.69, 9.17) is 0 Å². The van der Waals surface area contributed by atoms with Gasteiger partial charge in [0.1, 0.15) is 0 Å². The first kappa shape index (κ1) is 19.6. The summed E-state index contributed by atoms with van der Waals surface area (Å²) in [6, 6.07) is 10.2. The summed E-state index contributed by atoms with van der Waals surface area (Å²) in [6.45, 7) is 3.17. The number of carbonyl (C=O) groups is 4. The first-order valence-corrected chi connectivity index (χ1v) is 8.13. The molecule has 0 saturated carbocycles. The number of amides is 5. The average Bonchev–Trinajstić information content (AvgIpc) is 2.63. The highest BCUT2D eigenvalue weighted by Crippen LogP contribution is 2.20. The van der Waals surface area contributed by atoms with Crippen LogP contribution in [-0.2, 0) is 4.79 Å². The van der Waals surface area contributed by atoms with Crippen LogP contribution in [0.2, 0.25) is 0 Å². The number of hydrogen-bond acceptors (Lipinski definition) is 4. The highest BCUT2D eigenvalue weighted by molar-refractivity contribution is 6.08. The normalized spacial score (nSPS) is 9.89. The standard InChI is InChI=1S/C19H20N4O4/c1-11-4-9-15(21-12(2)24)10-16(11)22-19(27)23-18(26)14-7-5-13(6-8-14)17(25)20-3/h4-10H,1-3H3,(H,20,25)(H,21,24)(H2,22,23,26,27). The Morgan fingerprint density at radius 3 is 1.96 bits per heavy atom. The molecule has 2 aromatic carbocycles. The molecule has 0 fully saturated rings. The molecule has 0 unspecified atom stereocenters. The van der Waals surface area contributed by atoms with Crippen molar-refractivity contribution in [3.05, 3.63) is 59.2 Å². The van der Waals surface area contributed by atoms with Crippen molar-refractivity contribution in [3.8, 4) is 0 Å². The van der Waals surface area contributed by atoms with Crippen molar-refractivity contribution in [2.24, 2.45) is 0 Å². The monoisotopic (exact) mass is 368 g/mol. The summed E-state index contributed by atoms with van der Waals surface area (Å²) >= 11 is 0. The fourth-order valence-electron chi connectivity index (χ4n) is 2.28. The topological polar surface area (TPSA) is 116 Å². The molecule has 0 heterocycles. The maximum absolute atomic E-state index is 12.2. The average molecular weight is 368 g/mol.